The summed E-state index contributed by atoms with van der Waals surface area (Å²) < 4.78 is 50.9. The van der Waals surface area contributed by atoms with Crippen LogP contribution in [-0.4, -0.2) is 82.1 Å². The van der Waals surface area contributed by atoms with Crippen molar-refractivity contribution in [3.05, 3.63) is 65.6 Å². The Morgan fingerprint density at radius 3 is 2.71 bits per heavy atom. The Labute approximate surface area is 262 Å². The maximum atomic E-state index is 16.6. The van der Waals surface area contributed by atoms with Crippen molar-refractivity contribution in [2.75, 3.05) is 44.2 Å². The molecule has 0 saturated carbocycles. The normalized spacial score (nSPS) is 18.6. The Bertz CT molecular complexity index is 1860. The number of nitriles is 1. The summed E-state index contributed by atoms with van der Waals surface area (Å²) in [5.74, 6) is -3.11. The zero-order valence-electron chi connectivity index (χ0n) is 24.4. The van der Waals surface area contributed by atoms with Crippen LogP contribution >= 0.6 is 11.6 Å². The number of amides is 1. The van der Waals surface area contributed by atoms with Crippen LogP contribution in [-0.2, 0) is 4.79 Å². The van der Waals surface area contributed by atoms with E-state index >= 15 is 4.39 Å². The van der Waals surface area contributed by atoms with Gasteiger partial charge in [-0.25, -0.2) is 13.2 Å². The Kier molecular flexibility index (Phi) is 8.48. The van der Waals surface area contributed by atoms with Gasteiger partial charge in [-0.15, -0.1) is 0 Å². The van der Waals surface area contributed by atoms with Crippen LogP contribution in [0, 0.1) is 23.0 Å². The van der Waals surface area contributed by atoms with E-state index < -0.39 is 29.4 Å². The minimum Gasteiger partial charge on any atom is -0.462 e. The minimum atomic E-state index is -1.11. The van der Waals surface area contributed by atoms with Crippen molar-refractivity contribution in [3.63, 3.8) is 0 Å². The molecule has 4 heterocycles. The van der Waals surface area contributed by atoms with Gasteiger partial charge < -0.3 is 14.5 Å². The second kappa shape index (κ2) is 12.5. The fourth-order valence-electron chi connectivity index (χ4n) is 6.04. The highest BCUT2D eigenvalue weighted by molar-refractivity contribution is 6.36. The number of ether oxygens (including phenoxy) is 1. The fraction of sp³-hybridized carbons (Fsp3) is 0.344. The molecule has 9 nitrogen and oxygen atoms in total. The number of pyridine rings is 1. The van der Waals surface area contributed by atoms with Crippen molar-refractivity contribution in [2.45, 2.75) is 31.8 Å². The average molecular weight is 636 g/mol. The largest absolute Gasteiger partial charge is 0.462 e. The fourth-order valence-corrected chi connectivity index (χ4v) is 6.32. The first-order valence-corrected chi connectivity index (χ1v) is 15.0. The molecule has 1 unspecified atom stereocenters. The Morgan fingerprint density at radius 1 is 1.18 bits per heavy atom. The van der Waals surface area contributed by atoms with E-state index in [1.807, 2.05) is 0 Å². The Hall–Kier alpha value is -4.47. The van der Waals surface area contributed by atoms with E-state index in [-0.39, 0.29) is 59.7 Å². The highest BCUT2D eigenvalue weighted by atomic mass is 35.5. The third kappa shape index (κ3) is 5.62. The van der Waals surface area contributed by atoms with Gasteiger partial charge in [-0.3, -0.25) is 14.7 Å². The van der Waals surface area contributed by atoms with Crippen molar-refractivity contribution >= 4 is 45.0 Å². The predicted octanol–water partition coefficient (Wildman–Crippen LogP) is 5.66. The molecule has 2 saturated heterocycles. The zero-order valence-corrected chi connectivity index (χ0v) is 25.2. The molecule has 2 fully saturated rings. The summed E-state index contributed by atoms with van der Waals surface area (Å²) >= 11 is 6.35. The summed E-state index contributed by atoms with van der Waals surface area (Å²) in [5, 5.41) is 10.5. The topological polar surface area (TPSA) is 98.5 Å². The number of carbonyl (C=O) groups is 1. The van der Waals surface area contributed by atoms with Gasteiger partial charge in [-0.1, -0.05) is 49.4 Å². The number of aromatic nitrogens is 3. The van der Waals surface area contributed by atoms with Gasteiger partial charge in [-0.05, 0) is 24.4 Å². The van der Waals surface area contributed by atoms with Gasteiger partial charge in [0.05, 0.1) is 28.9 Å². The molecule has 0 bridgehead atoms. The number of likely N-dealkylation sites (N-methyl/N-ethyl adjacent to an activating group) is 1. The second-order valence-electron chi connectivity index (χ2n) is 11.0. The molecule has 2 aromatic heterocycles. The molecule has 2 aromatic carbocycles. The van der Waals surface area contributed by atoms with Crippen molar-refractivity contribution in [1.29, 1.82) is 5.26 Å². The molecule has 13 heteroatoms. The zero-order chi connectivity index (χ0) is 31.8. The molecule has 0 spiro atoms. The van der Waals surface area contributed by atoms with Crippen LogP contribution in [0.4, 0.5) is 19.0 Å². The first-order valence-electron chi connectivity index (χ1n) is 14.6. The number of hydrogen-bond donors (Lipinski definition) is 0. The van der Waals surface area contributed by atoms with Crippen LogP contribution in [0.3, 0.4) is 0 Å². The maximum Gasteiger partial charge on any atom is 0.319 e. The number of halogens is 4. The SMILES string of the molecule is C=C(F)C(=O)N1CCN(c2nc(OCC3CCN3CC)nc3c(F)c(-c4cccc5ccc(F)c(Cl)c45)ncc23)C[C@@H]1CC#N. The predicted molar refractivity (Wildman–Crippen MR) is 165 cm³/mol. The van der Waals surface area contributed by atoms with Gasteiger partial charge in [-0.2, -0.15) is 15.2 Å². The van der Waals surface area contributed by atoms with Crippen molar-refractivity contribution in [1.82, 2.24) is 24.8 Å². The summed E-state index contributed by atoms with van der Waals surface area (Å²) in [5.41, 5.74) is 0.143. The monoisotopic (exact) mass is 635 g/mol. The van der Waals surface area contributed by atoms with Crippen LogP contribution < -0.4 is 9.64 Å². The van der Waals surface area contributed by atoms with Crippen molar-refractivity contribution in [3.8, 4) is 23.3 Å². The Balaban J connectivity index is 1.46. The molecule has 0 N–H and O–H groups in total. The molecular formula is C32H29ClF3N7O2. The van der Waals surface area contributed by atoms with Crippen molar-refractivity contribution in [2.24, 2.45) is 0 Å². The number of hydrogen-bond acceptors (Lipinski definition) is 8. The third-order valence-corrected chi connectivity index (χ3v) is 8.88. The standard InChI is InChI=1S/C32H29ClF3N7O2/c1-3-41-12-10-21(41)17-45-32-39-29-23(30(40-32)42-13-14-43(31(44)18(2)34)20(16-42)9-11-37)15-38-28(27(29)36)22-6-4-5-19-7-8-24(35)26(33)25(19)22/h4-8,15,20-21H,2-3,9-10,12-14,16-17H2,1H3/t20-,21?/m0/s1. The van der Waals surface area contributed by atoms with Gasteiger partial charge in [0.15, 0.2) is 11.6 Å². The molecule has 1 amide bonds. The number of carbonyl (C=O) groups excluding carboxylic acids is 1. The highest BCUT2D eigenvalue weighted by Crippen LogP contribution is 2.38. The number of fused-ring (bicyclic) bond motifs is 2. The van der Waals surface area contributed by atoms with Gasteiger partial charge in [0.1, 0.15) is 29.5 Å². The molecular weight excluding hydrogens is 607 g/mol. The maximum absolute atomic E-state index is 16.6. The molecule has 0 aliphatic carbocycles. The van der Waals surface area contributed by atoms with E-state index in [4.69, 9.17) is 16.3 Å². The average Bonchev–Trinajstić information content (AvgIpc) is 3.02. The van der Waals surface area contributed by atoms with Gasteiger partial charge in [0.25, 0.3) is 5.91 Å². The lowest BCUT2D eigenvalue weighted by atomic mass is 10.0. The quantitative estimate of drug-likeness (QED) is 0.229. The molecule has 2 atom stereocenters. The van der Waals surface area contributed by atoms with E-state index in [1.165, 1.54) is 17.2 Å². The second-order valence-corrected chi connectivity index (χ2v) is 11.4. The molecule has 45 heavy (non-hydrogen) atoms. The summed E-state index contributed by atoms with van der Waals surface area (Å²) in [7, 11) is 0. The summed E-state index contributed by atoms with van der Waals surface area (Å²) in [6, 6.07) is 9.38. The molecule has 2 aliphatic rings. The minimum absolute atomic E-state index is 0.0500. The summed E-state index contributed by atoms with van der Waals surface area (Å²) in [6.45, 7) is 7.70. The van der Waals surface area contributed by atoms with Crippen LogP contribution in [0.15, 0.2) is 48.9 Å². The molecule has 232 valence electrons. The number of rotatable bonds is 8. The van der Waals surface area contributed by atoms with Gasteiger partial charge in [0.2, 0.25) is 0 Å². The van der Waals surface area contributed by atoms with Crippen LogP contribution in [0.1, 0.15) is 19.8 Å². The summed E-state index contributed by atoms with van der Waals surface area (Å²) in [6.07, 6.45) is 2.32. The lowest BCUT2D eigenvalue weighted by molar-refractivity contribution is -0.131. The van der Waals surface area contributed by atoms with E-state index in [9.17, 15) is 18.8 Å². The van der Waals surface area contributed by atoms with E-state index in [0.29, 0.717) is 28.8 Å². The molecule has 0 radical (unpaired) electrons. The Morgan fingerprint density at radius 2 is 2.00 bits per heavy atom. The first-order chi connectivity index (χ1) is 21.7. The van der Waals surface area contributed by atoms with Crippen LogP contribution in [0.2, 0.25) is 5.02 Å². The van der Waals surface area contributed by atoms with Gasteiger partial charge >= 0.3 is 6.01 Å². The molecule has 4 aromatic rings. The first kappa shape index (κ1) is 30.6. The molecule has 2 aliphatic heterocycles. The smallest absolute Gasteiger partial charge is 0.319 e. The van der Waals surface area contributed by atoms with E-state index in [0.717, 1.165) is 19.5 Å². The number of benzene rings is 2. The summed E-state index contributed by atoms with van der Waals surface area (Å²) in [4.78, 5) is 31.3. The van der Waals surface area contributed by atoms with Crippen LogP contribution in [0.25, 0.3) is 32.9 Å². The lowest BCUT2D eigenvalue weighted by Crippen LogP contribution is -2.55. The number of nitrogens with zero attached hydrogens (tertiary/aromatic N) is 7. The van der Waals surface area contributed by atoms with Crippen molar-refractivity contribution < 1.29 is 22.7 Å². The third-order valence-electron chi connectivity index (χ3n) is 8.51. The molecule has 6 rings (SSSR count). The lowest BCUT2D eigenvalue weighted by Gasteiger charge is -2.41. The number of piperazine rings is 1. The number of likely N-dealkylation sites (tertiary alicyclic amines) is 1. The number of anilines is 1. The van der Waals surface area contributed by atoms with E-state index in [2.05, 4.69) is 39.4 Å². The highest BCUT2D eigenvalue weighted by Gasteiger charge is 2.34. The van der Waals surface area contributed by atoms with E-state index in [1.54, 1.807) is 29.2 Å². The van der Waals surface area contributed by atoms with Gasteiger partial charge in [0, 0.05) is 49.4 Å². The van der Waals surface area contributed by atoms with Crippen LogP contribution in [0.5, 0.6) is 6.01 Å².